The largest absolute Gasteiger partial charge is 0.268 e. The fraction of sp³-hybridized carbons (Fsp3) is 0.0625. The summed E-state index contributed by atoms with van der Waals surface area (Å²) >= 11 is 0. The van der Waals surface area contributed by atoms with Gasteiger partial charge in [-0.05, 0) is 35.9 Å². The van der Waals surface area contributed by atoms with Crippen LogP contribution in [0.4, 0.5) is 8.78 Å². The summed E-state index contributed by atoms with van der Waals surface area (Å²) in [4.78, 5) is 15.8. The molecule has 6 heteroatoms. The molecule has 3 rings (SSSR count). The van der Waals surface area contributed by atoms with E-state index in [1.54, 1.807) is 24.5 Å². The molecule has 0 saturated heterocycles. The molecule has 0 N–H and O–H groups in total. The number of nitrogens with zero attached hydrogens (tertiary/aromatic N) is 3. The maximum Gasteiger partial charge on any atom is 0.267 e. The van der Waals surface area contributed by atoms with Crippen LogP contribution in [0, 0.1) is 11.6 Å². The normalized spacial score (nSPS) is 10.6. The smallest absolute Gasteiger partial charge is 0.267 e. The predicted octanol–water partition coefficient (Wildman–Crippen LogP) is 2.63. The van der Waals surface area contributed by atoms with Gasteiger partial charge in [0.1, 0.15) is 11.6 Å². The average molecular weight is 299 g/mol. The lowest BCUT2D eigenvalue weighted by Crippen LogP contribution is -2.22. The van der Waals surface area contributed by atoms with Crippen LogP contribution >= 0.6 is 0 Å². The van der Waals surface area contributed by atoms with E-state index in [0.717, 1.165) is 11.6 Å². The van der Waals surface area contributed by atoms with E-state index in [0.29, 0.717) is 5.69 Å². The Labute approximate surface area is 124 Å². The molecule has 3 aromatic rings. The Morgan fingerprint density at radius 2 is 1.64 bits per heavy atom. The molecular formula is C16H11F2N3O. The number of halogens is 2. The first kappa shape index (κ1) is 14.1. The Kier molecular flexibility index (Phi) is 3.74. The number of benzene rings is 1. The maximum atomic E-state index is 13.3. The van der Waals surface area contributed by atoms with E-state index in [2.05, 4.69) is 10.1 Å². The fourth-order valence-electron chi connectivity index (χ4n) is 2.08. The predicted molar refractivity (Wildman–Crippen MR) is 77.2 cm³/mol. The molecule has 110 valence electrons. The summed E-state index contributed by atoms with van der Waals surface area (Å²) in [5.74, 6) is -1.38. The summed E-state index contributed by atoms with van der Waals surface area (Å²) in [6, 6.07) is 9.44. The molecule has 2 aromatic heterocycles. The van der Waals surface area contributed by atoms with E-state index in [1.807, 2.05) is 0 Å². The van der Waals surface area contributed by atoms with Crippen molar-refractivity contribution in [3.63, 3.8) is 0 Å². The van der Waals surface area contributed by atoms with Crippen LogP contribution < -0.4 is 5.56 Å². The van der Waals surface area contributed by atoms with Crippen molar-refractivity contribution in [2.45, 2.75) is 6.54 Å². The molecule has 0 aliphatic rings. The molecule has 0 aliphatic heterocycles. The minimum Gasteiger partial charge on any atom is -0.268 e. The minimum atomic E-state index is -0.691. The van der Waals surface area contributed by atoms with Gasteiger partial charge in [0, 0.05) is 30.1 Å². The highest BCUT2D eigenvalue weighted by atomic mass is 19.1. The molecule has 0 unspecified atom stereocenters. The number of rotatable bonds is 3. The average Bonchev–Trinajstić information content (AvgIpc) is 2.49. The van der Waals surface area contributed by atoms with Crippen LogP contribution in [-0.2, 0) is 6.54 Å². The van der Waals surface area contributed by atoms with Crippen molar-refractivity contribution in [1.82, 2.24) is 14.8 Å². The molecule has 2 heterocycles. The van der Waals surface area contributed by atoms with Crippen molar-refractivity contribution >= 4 is 0 Å². The van der Waals surface area contributed by atoms with Gasteiger partial charge in [-0.25, -0.2) is 13.5 Å². The molecule has 0 atom stereocenters. The second-order valence-corrected chi connectivity index (χ2v) is 4.73. The van der Waals surface area contributed by atoms with Gasteiger partial charge in [0.25, 0.3) is 5.56 Å². The van der Waals surface area contributed by atoms with Crippen molar-refractivity contribution < 1.29 is 8.78 Å². The molecule has 0 saturated carbocycles. The third-order valence-corrected chi connectivity index (χ3v) is 3.11. The molecule has 0 radical (unpaired) electrons. The topological polar surface area (TPSA) is 47.8 Å². The Hall–Kier alpha value is -2.89. The molecule has 22 heavy (non-hydrogen) atoms. The lowest BCUT2D eigenvalue weighted by molar-refractivity contribution is 0.583. The van der Waals surface area contributed by atoms with Crippen molar-refractivity contribution in [1.29, 1.82) is 0 Å². The summed E-state index contributed by atoms with van der Waals surface area (Å²) < 4.78 is 27.8. The van der Waals surface area contributed by atoms with Crippen LogP contribution in [0.25, 0.3) is 11.3 Å². The fourth-order valence-corrected chi connectivity index (χ4v) is 2.08. The van der Waals surface area contributed by atoms with Gasteiger partial charge in [-0.15, -0.1) is 0 Å². The minimum absolute atomic E-state index is 0.257. The van der Waals surface area contributed by atoms with E-state index >= 15 is 0 Å². The number of hydrogen-bond donors (Lipinski definition) is 0. The van der Waals surface area contributed by atoms with Crippen molar-refractivity contribution in [3.8, 4) is 11.3 Å². The zero-order chi connectivity index (χ0) is 15.5. The molecule has 0 fully saturated rings. The van der Waals surface area contributed by atoms with Crippen LogP contribution in [0.2, 0.25) is 0 Å². The Morgan fingerprint density at radius 1 is 0.955 bits per heavy atom. The second-order valence-electron chi connectivity index (χ2n) is 4.73. The highest BCUT2D eigenvalue weighted by molar-refractivity contribution is 5.58. The molecule has 0 spiro atoms. The molecule has 0 bridgehead atoms. The lowest BCUT2D eigenvalue weighted by Gasteiger charge is -2.07. The monoisotopic (exact) mass is 299 g/mol. The van der Waals surface area contributed by atoms with Crippen LogP contribution in [-0.4, -0.2) is 14.8 Å². The summed E-state index contributed by atoms with van der Waals surface area (Å²) in [6.45, 7) is 0.257. The molecular weight excluding hydrogens is 288 g/mol. The SMILES string of the molecule is O=c1ccc(-c2cc(F)cc(F)c2)nn1Cc1ccncc1. The van der Waals surface area contributed by atoms with Gasteiger partial charge >= 0.3 is 0 Å². The zero-order valence-corrected chi connectivity index (χ0v) is 11.4. The van der Waals surface area contributed by atoms with Gasteiger partial charge in [0.2, 0.25) is 0 Å². The van der Waals surface area contributed by atoms with Crippen molar-refractivity contribution in [2.24, 2.45) is 0 Å². The van der Waals surface area contributed by atoms with Crippen molar-refractivity contribution in [2.75, 3.05) is 0 Å². The van der Waals surface area contributed by atoms with Crippen molar-refractivity contribution in [3.05, 3.63) is 82.4 Å². The quantitative estimate of drug-likeness (QED) is 0.747. The Balaban J connectivity index is 2.01. The molecule has 1 aromatic carbocycles. The summed E-state index contributed by atoms with van der Waals surface area (Å²) in [7, 11) is 0. The van der Waals surface area contributed by atoms with Crippen LogP contribution in [0.5, 0.6) is 0 Å². The number of aromatic nitrogens is 3. The highest BCUT2D eigenvalue weighted by Crippen LogP contribution is 2.18. The number of pyridine rings is 1. The number of hydrogen-bond acceptors (Lipinski definition) is 3. The van der Waals surface area contributed by atoms with Crippen LogP contribution in [0.15, 0.2) is 59.7 Å². The molecule has 4 nitrogen and oxygen atoms in total. The van der Waals surface area contributed by atoms with E-state index in [-0.39, 0.29) is 17.7 Å². The van der Waals surface area contributed by atoms with Gasteiger partial charge in [-0.1, -0.05) is 0 Å². The standard InChI is InChI=1S/C16H11F2N3O/c17-13-7-12(8-14(18)9-13)15-1-2-16(22)21(20-15)10-11-3-5-19-6-4-11/h1-9H,10H2. The van der Waals surface area contributed by atoms with Crippen LogP contribution in [0.3, 0.4) is 0 Å². The van der Waals surface area contributed by atoms with Gasteiger partial charge in [-0.3, -0.25) is 9.78 Å². The summed E-state index contributed by atoms with van der Waals surface area (Å²) in [5.41, 5.74) is 1.16. The first-order chi connectivity index (χ1) is 10.6. The Morgan fingerprint density at radius 3 is 2.32 bits per heavy atom. The summed E-state index contributed by atoms with van der Waals surface area (Å²) in [6.07, 6.45) is 3.23. The van der Waals surface area contributed by atoms with E-state index in [1.165, 1.54) is 28.9 Å². The summed E-state index contributed by atoms with van der Waals surface area (Å²) in [5, 5.41) is 4.17. The van der Waals surface area contributed by atoms with Crippen LogP contribution in [0.1, 0.15) is 5.56 Å². The highest BCUT2D eigenvalue weighted by Gasteiger charge is 2.07. The molecule has 0 amide bonds. The van der Waals surface area contributed by atoms with E-state index in [4.69, 9.17) is 0 Å². The first-order valence-corrected chi connectivity index (χ1v) is 6.55. The zero-order valence-electron chi connectivity index (χ0n) is 11.4. The third-order valence-electron chi connectivity index (χ3n) is 3.11. The maximum absolute atomic E-state index is 13.3. The van der Waals surface area contributed by atoms with E-state index in [9.17, 15) is 13.6 Å². The lowest BCUT2D eigenvalue weighted by atomic mass is 10.1. The third kappa shape index (κ3) is 3.06. The van der Waals surface area contributed by atoms with E-state index < -0.39 is 11.6 Å². The molecule has 0 aliphatic carbocycles. The van der Waals surface area contributed by atoms with Gasteiger partial charge in [0.05, 0.1) is 12.2 Å². The van der Waals surface area contributed by atoms with Gasteiger partial charge in [-0.2, -0.15) is 5.10 Å². The Bertz CT molecular complexity index is 843. The van der Waals surface area contributed by atoms with Gasteiger partial charge in [0.15, 0.2) is 0 Å². The van der Waals surface area contributed by atoms with Gasteiger partial charge < -0.3 is 0 Å². The second kappa shape index (κ2) is 5.85. The first-order valence-electron chi connectivity index (χ1n) is 6.55.